The van der Waals surface area contributed by atoms with E-state index in [0.717, 1.165) is 37.0 Å². The summed E-state index contributed by atoms with van der Waals surface area (Å²) in [5, 5.41) is 3.02. The third-order valence-electron chi connectivity index (χ3n) is 5.76. The number of hydrogen-bond acceptors (Lipinski definition) is 4. The van der Waals surface area contributed by atoms with Crippen LogP contribution in [0.25, 0.3) is 0 Å². The van der Waals surface area contributed by atoms with E-state index in [1.54, 1.807) is 6.07 Å². The summed E-state index contributed by atoms with van der Waals surface area (Å²) in [6, 6.07) is 9.72. The monoisotopic (exact) mass is 450 g/mol. The SMILES string of the molecule is O=C(NC1CCCCC1)[C@@H](c1ccc(F)cc1)N(C(=O)c1cnccn1)c1ccccc1F. The average Bonchev–Trinajstić information content (AvgIpc) is 2.84. The first kappa shape index (κ1) is 22.5. The lowest BCUT2D eigenvalue weighted by Gasteiger charge is -2.33. The van der Waals surface area contributed by atoms with Crippen molar-refractivity contribution in [1.82, 2.24) is 15.3 Å². The Balaban J connectivity index is 1.81. The number of amides is 2. The van der Waals surface area contributed by atoms with Gasteiger partial charge in [0.1, 0.15) is 23.4 Å². The summed E-state index contributed by atoms with van der Waals surface area (Å²) in [5.41, 5.74) is 0.227. The van der Waals surface area contributed by atoms with Gasteiger partial charge in [0.05, 0.1) is 11.9 Å². The number of hydrogen-bond donors (Lipinski definition) is 1. The van der Waals surface area contributed by atoms with E-state index in [-0.39, 0.29) is 17.4 Å². The molecule has 6 nitrogen and oxygen atoms in total. The number of anilines is 1. The number of benzene rings is 2. The molecule has 1 heterocycles. The quantitative estimate of drug-likeness (QED) is 0.596. The van der Waals surface area contributed by atoms with Gasteiger partial charge in [-0.15, -0.1) is 0 Å². The number of halogens is 2. The summed E-state index contributed by atoms with van der Waals surface area (Å²) in [7, 11) is 0. The highest BCUT2D eigenvalue weighted by molar-refractivity contribution is 6.09. The van der Waals surface area contributed by atoms with E-state index in [9.17, 15) is 18.4 Å². The van der Waals surface area contributed by atoms with E-state index >= 15 is 0 Å². The zero-order chi connectivity index (χ0) is 23.2. The van der Waals surface area contributed by atoms with Crippen LogP contribution < -0.4 is 10.2 Å². The largest absolute Gasteiger partial charge is 0.351 e. The van der Waals surface area contributed by atoms with Crippen LogP contribution in [0.4, 0.5) is 14.5 Å². The topological polar surface area (TPSA) is 75.2 Å². The highest BCUT2D eigenvalue weighted by Gasteiger charge is 2.36. The highest BCUT2D eigenvalue weighted by atomic mass is 19.1. The molecule has 2 aromatic carbocycles. The Morgan fingerprint density at radius 3 is 2.36 bits per heavy atom. The molecule has 1 aliphatic carbocycles. The summed E-state index contributed by atoms with van der Waals surface area (Å²) in [6.45, 7) is 0. The van der Waals surface area contributed by atoms with Crippen LogP contribution in [0, 0.1) is 11.6 Å². The number of rotatable bonds is 6. The van der Waals surface area contributed by atoms with Crippen molar-refractivity contribution in [1.29, 1.82) is 0 Å². The molecule has 3 aromatic rings. The number of nitrogens with zero attached hydrogens (tertiary/aromatic N) is 3. The molecule has 0 unspecified atom stereocenters. The first-order valence-corrected chi connectivity index (χ1v) is 10.9. The number of aromatic nitrogens is 2. The van der Waals surface area contributed by atoms with Crippen LogP contribution in [0.2, 0.25) is 0 Å². The first-order valence-electron chi connectivity index (χ1n) is 10.9. The van der Waals surface area contributed by atoms with E-state index in [0.29, 0.717) is 5.56 Å². The smallest absolute Gasteiger partial charge is 0.279 e. The van der Waals surface area contributed by atoms with Gasteiger partial charge in [0, 0.05) is 18.4 Å². The van der Waals surface area contributed by atoms with Crippen molar-refractivity contribution in [3.63, 3.8) is 0 Å². The standard InChI is InChI=1S/C25H24F2N4O2/c26-18-12-10-17(11-13-18)23(24(32)30-19-6-2-1-3-7-19)31(22-9-5-4-8-20(22)27)25(33)21-16-28-14-15-29-21/h4-5,8-16,19,23H,1-3,6-7H2,(H,30,32)/t23-/m1/s1. The zero-order valence-electron chi connectivity index (χ0n) is 18.0. The minimum Gasteiger partial charge on any atom is -0.351 e. The predicted molar refractivity (Wildman–Crippen MR) is 119 cm³/mol. The van der Waals surface area contributed by atoms with E-state index in [1.165, 1.54) is 61.1 Å². The van der Waals surface area contributed by atoms with Crippen LogP contribution in [0.5, 0.6) is 0 Å². The van der Waals surface area contributed by atoms with Crippen LogP contribution in [0.15, 0.2) is 67.1 Å². The van der Waals surface area contributed by atoms with Crippen molar-refractivity contribution >= 4 is 17.5 Å². The van der Waals surface area contributed by atoms with Crippen LogP contribution >= 0.6 is 0 Å². The summed E-state index contributed by atoms with van der Waals surface area (Å²) < 4.78 is 28.6. The fraction of sp³-hybridized carbons (Fsp3) is 0.280. The molecule has 0 saturated heterocycles. The molecular formula is C25H24F2N4O2. The Labute approximate surface area is 190 Å². The average molecular weight is 450 g/mol. The molecule has 0 bridgehead atoms. The summed E-state index contributed by atoms with van der Waals surface area (Å²) in [4.78, 5) is 36.2. The lowest BCUT2D eigenvalue weighted by Crippen LogP contribution is -2.47. The van der Waals surface area contributed by atoms with Crippen LogP contribution in [0.1, 0.15) is 54.2 Å². The second-order valence-corrected chi connectivity index (χ2v) is 8.01. The maximum absolute atomic E-state index is 15.0. The summed E-state index contributed by atoms with van der Waals surface area (Å²) in [5.74, 6) is -2.31. The number of carbonyl (C=O) groups is 2. The van der Waals surface area contributed by atoms with E-state index in [1.807, 2.05) is 0 Å². The molecular weight excluding hydrogens is 426 g/mol. The molecule has 0 aliphatic heterocycles. The van der Waals surface area contributed by atoms with Crippen molar-refractivity contribution < 1.29 is 18.4 Å². The van der Waals surface area contributed by atoms with Crippen molar-refractivity contribution in [3.05, 3.63) is 90.0 Å². The van der Waals surface area contributed by atoms with E-state index in [4.69, 9.17) is 0 Å². The minimum atomic E-state index is -1.24. The lowest BCUT2D eigenvalue weighted by atomic mass is 9.94. The van der Waals surface area contributed by atoms with Gasteiger partial charge in [-0.3, -0.25) is 19.5 Å². The van der Waals surface area contributed by atoms with Gasteiger partial charge in [0.25, 0.3) is 5.91 Å². The third kappa shape index (κ3) is 5.22. The molecule has 0 spiro atoms. The Morgan fingerprint density at radius 2 is 1.70 bits per heavy atom. The molecule has 1 atom stereocenters. The molecule has 0 radical (unpaired) electrons. The van der Waals surface area contributed by atoms with Crippen molar-refractivity contribution in [2.24, 2.45) is 0 Å². The molecule has 2 amide bonds. The molecule has 1 aliphatic rings. The van der Waals surface area contributed by atoms with Crippen LogP contribution in [-0.4, -0.2) is 27.8 Å². The zero-order valence-corrected chi connectivity index (χ0v) is 18.0. The van der Waals surface area contributed by atoms with Crippen LogP contribution in [0.3, 0.4) is 0 Å². The van der Waals surface area contributed by atoms with Gasteiger partial charge in [-0.05, 0) is 42.7 Å². The van der Waals surface area contributed by atoms with Crippen LogP contribution in [-0.2, 0) is 4.79 Å². The lowest BCUT2D eigenvalue weighted by molar-refractivity contribution is -0.123. The Kier molecular flexibility index (Phi) is 7.02. The van der Waals surface area contributed by atoms with Crippen molar-refractivity contribution in [2.45, 2.75) is 44.2 Å². The molecule has 33 heavy (non-hydrogen) atoms. The van der Waals surface area contributed by atoms with Gasteiger partial charge in [-0.25, -0.2) is 13.8 Å². The normalized spacial score (nSPS) is 15.0. The van der Waals surface area contributed by atoms with E-state index in [2.05, 4.69) is 15.3 Å². The Morgan fingerprint density at radius 1 is 0.970 bits per heavy atom. The number of carbonyl (C=O) groups excluding carboxylic acids is 2. The van der Waals surface area contributed by atoms with Gasteiger partial charge >= 0.3 is 0 Å². The second kappa shape index (κ2) is 10.3. The van der Waals surface area contributed by atoms with Gasteiger partial charge in [0.15, 0.2) is 0 Å². The third-order valence-corrected chi connectivity index (χ3v) is 5.76. The van der Waals surface area contributed by atoms with Crippen molar-refractivity contribution in [3.8, 4) is 0 Å². The second-order valence-electron chi connectivity index (χ2n) is 8.01. The summed E-state index contributed by atoms with van der Waals surface area (Å²) >= 11 is 0. The Hall–Kier alpha value is -3.68. The van der Waals surface area contributed by atoms with Gasteiger partial charge in [-0.1, -0.05) is 43.5 Å². The predicted octanol–water partition coefficient (Wildman–Crippen LogP) is 4.59. The first-order chi connectivity index (χ1) is 16.0. The fourth-order valence-electron chi connectivity index (χ4n) is 4.14. The molecule has 8 heteroatoms. The highest BCUT2D eigenvalue weighted by Crippen LogP contribution is 2.32. The van der Waals surface area contributed by atoms with Crippen molar-refractivity contribution in [2.75, 3.05) is 4.90 Å². The van der Waals surface area contributed by atoms with E-state index < -0.39 is 29.5 Å². The molecule has 1 N–H and O–H groups in total. The number of nitrogens with one attached hydrogen (secondary N) is 1. The van der Waals surface area contributed by atoms with Gasteiger partial charge in [0.2, 0.25) is 5.91 Å². The van der Waals surface area contributed by atoms with Gasteiger partial charge in [-0.2, -0.15) is 0 Å². The maximum atomic E-state index is 15.0. The molecule has 4 rings (SSSR count). The Bertz CT molecular complexity index is 1100. The molecule has 1 aromatic heterocycles. The van der Waals surface area contributed by atoms with Gasteiger partial charge < -0.3 is 5.32 Å². The minimum absolute atomic E-state index is 0.0386. The molecule has 1 saturated carbocycles. The maximum Gasteiger partial charge on any atom is 0.279 e. The molecule has 1 fully saturated rings. The number of para-hydroxylation sites is 1. The fourth-order valence-corrected chi connectivity index (χ4v) is 4.14. The summed E-state index contributed by atoms with van der Waals surface area (Å²) in [6.07, 6.45) is 8.80. The molecule has 170 valence electrons.